The van der Waals surface area contributed by atoms with E-state index < -0.39 is 11.8 Å². The lowest BCUT2D eigenvalue weighted by atomic mass is 10.0. The molecule has 0 amide bonds. The molecule has 0 heterocycles. The van der Waals surface area contributed by atoms with Crippen LogP contribution >= 0.6 is 0 Å². The quantitative estimate of drug-likeness (QED) is 0.842. The van der Waals surface area contributed by atoms with Crippen LogP contribution < -0.4 is 5.32 Å². The van der Waals surface area contributed by atoms with Crippen molar-refractivity contribution in [3.63, 3.8) is 0 Å². The van der Waals surface area contributed by atoms with Gasteiger partial charge in [-0.05, 0) is 55.2 Å². The maximum absolute atomic E-state index is 13.5. The average molecular weight is 249 g/mol. The van der Waals surface area contributed by atoms with Crippen LogP contribution in [0.5, 0.6) is 0 Å². The van der Waals surface area contributed by atoms with Gasteiger partial charge in [-0.2, -0.15) is 0 Å². The Morgan fingerprint density at radius 3 is 2.67 bits per heavy atom. The van der Waals surface area contributed by atoms with Crippen LogP contribution in [0.25, 0.3) is 0 Å². The number of carboxylic acids is 1. The van der Waals surface area contributed by atoms with Crippen molar-refractivity contribution in [2.75, 3.05) is 11.9 Å². The second-order valence-corrected chi connectivity index (χ2v) is 5.49. The molecule has 2 saturated carbocycles. The van der Waals surface area contributed by atoms with Gasteiger partial charge in [0.05, 0.1) is 5.56 Å². The summed E-state index contributed by atoms with van der Waals surface area (Å²) in [5.41, 5.74) is 0.843. The molecular weight excluding hydrogens is 233 g/mol. The molecule has 96 valence electrons. The number of benzene rings is 1. The summed E-state index contributed by atoms with van der Waals surface area (Å²) in [5, 5.41) is 12.0. The van der Waals surface area contributed by atoms with Gasteiger partial charge in [0, 0.05) is 12.2 Å². The highest BCUT2D eigenvalue weighted by molar-refractivity contribution is 5.88. The molecule has 1 aromatic carbocycles. The molecule has 0 spiro atoms. The molecule has 18 heavy (non-hydrogen) atoms. The number of carbonyl (C=O) groups is 1. The topological polar surface area (TPSA) is 49.3 Å². The van der Waals surface area contributed by atoms with Crippen molar-refractivity contribution in [3.05, 3.63) is 29.6 Å². The van der Waals surface area contributed by atoms with Gasteiger partial charge in [0.2, 0.25) is 0 Å². The van der Waals surface area contributed by atoms with Crippen molar-refractivity contribution in [3.8, 4) is 0 Å². The Morgan fingerprint density at radius 2 is 2.17 bits per heavy atom. The van der Waals surface area contributed by atoms with Crippen LogP contribution in [0.4, 0.5) is 10.1 Å². The SMILES string of the molecule is O=C(O)c1ccc(NCC2(C3CC3)CC2)cc1F. The van der Waals surface area contributed by atoms with Gasteiger partial charge in [0.15, 0.2) is 0 Å². The Bertz CT molecular complexity index is 493. The molecule has 2 N–H and O–H groups in total. The van der Waals surface area contributed by atoms with Gasteiger partial charge in [-0.25, -0.2) is 9.18 Å². The van der Waals surface area contributed by atoms with Gasteiger partial charge >= 0.3 is 5.97 Å². The van der Waals surface area contributed by atoms with Crippen molar-refractivity contribution < 1.29 is 14.3 Å². The van der Waals surface area contributed by atoms with Crippen LogP contribution in [-0.2, 0) is 0 Å². The zero-order valence-electron chi connectivity index (χ0n) is 10.1. The number of hydrogen-bond donors (Lipinski definition) is 2. The molecule has 0 bridgehead atoms. The molecule has 2 aliphatic carbocycles. The fourth-order valence-corrected chi connectivity index (χ4v) is 2.66. The molecule has 0 aliphatic heterocycles. The first-order valence-electron chi connectivity index (χ1n) is 6.37. The van der Waals surface area contributed by atoms with Crippen LogP contribution in [0, 0.1) is 17.2 Å². The van der Waals surface area contributed by atoms with Gasteiger partial charge < -0.3 is 10.4 Å². The first-order chi connectivity index (χ1) is 8.61. The molecule has 0 unspecified atom stereocenters. The first kappa shape index (κ1) is 11.5. The third-order valence-electron chi connectivity index (χ3n) is 4.18. The standard InChI is InChI=1S/C14H16FNO2/c15-12-7-10(3-4-11(12)13(17)18)16-8-14(5-6-14)9-1-2-9/h3-4,7,9,16H,1-2,5-6,8H2,(H,17,18). The van der Waals surface area contributed by atoms with Crippen molar-refractivity contribution in [2.45, 2.75) is 25.7 Å². The van der Waals surface area contributed by atoms with Crippen molar-refractivity contribution >= 4 is 11.7 Å². The Morgan fingerprint density at radius 1 is 1.44 bits per heavy atom. The zero-order valence-corrected chi connectivity index (χ0v) is 10.1. The summed E-state index contributed by atoms with van der Waals surface area (Å²) in [6.07, 6.45) is 5.18. The smallest absolute Gasteiger partial charge is 0.338 e. The molecule has 3 nitrogen and oxygen atoms in total. The van der Waals surface area contributed by atoms with Crippen LogP contribution in [-0.4, -0.2) is 17.6 Å². The predicted molar refractivity (Wildman–Crippen MR) is 66.2 cm³/mol. The summed E-state index contributed by atoms with van der Waals surface area (Å²) in [7, 11) is 0. The fraction of sp³-hybridized carbons (Fsp3) is 0.500. The van der Waals surface area contributed by atoms with Gasteiger partial charge in [-0.3, -0.25) is 0 Å². The maximum Gasteiger partial charge on any atom is 0.338 e. The summed E-state index contributed by atoms with van der Waals surface area (Å²) in [6, 6.07) is 4.22. The van der Waals surface area contributed by atoms with Gasteiger partial charge in [0.1, 0.15) is 5.82 Å². The Balaban J connectivity index is 1.66. The number of carboxylic acid groups (broad SMARTS) is 1. The van der Waals surface area contributed by atoms with Gasteiger partial charge in [-0.15, -0.1) is 0 Å². The van der Waals surface area contributed by atoms with Crippen molar-refractivity contribution in [1.82, 2.24) is 0 Å². The van der Waals surface area contributed by atoms with E-state index in [9.17, 15) is 9.18 Å². The van der Waals surface area contributed by atoms with Gasteiger partial charge in [0.25, 0.3) is 0 Å². The van der Waals surface area contributed by atoms with Crippen molar-refractivity contribution in [2.24, 2.45) is 11.3 Å². The molecule has 0 radical (unpaired) electrons. The van der Waals surface area contributed by atoms with E-state index in [1.807, 2.05) is 0 Å². The summed E-state index contributed by atoms with van der Waals surface area (Å²) < 4.78 is 13.5. The molecule has 2 aliphatic rings. The number of rotatable bonds is 5. The van der Waals surface area contributed by atoms with E-state index in [-0.39, 0.29) is 5.56 Å². The molecule has 1 aromatic rings. The van der Waals surface area contributed by atoms with E-state index in [0.29, 0.717) is 11.1 Å². The minimum absolute atomic E-state index is 0.274. The summed E-state index contributed by atoms with van der Waals surface area (Å²) >= 11 is 0. The summed E-state index contributed by atoms with van der Waals surface area (Å²) in [4.78, 5) is 10.7. The molecule has 0 saturated heterocycles. The number of anilines is 1. The summed E-state index contributed by atoms with van der Waals surface area (Å²) in [6.45, 7) is 0.878. The number of halogens is 1. The second-order valence-electron chi connectivity index (χ2n) is 5.49. The molecule has 4 heteroatoms. The van der Waals surface area contributed by atoms with Crippen LogP contribution in [0.3, 0.4) is 0 Å². The van der Waals surface area contributed by atoms with E-state index in [1.165, 1.54) is 37.8 Å². The fourth-order valence-electron chi connectivity index (χ4n) is 2.66. The van der Waals surface area contributed by atoms with Crippen LogP contribution in [0.15, 0.2) is 18.2 Å². The van der Waals surface area contributed by atoms with Gasteiger partial charge in [-0.1, -0.05) is 0 Å². The second kappa shape index (κ2) is 3.97. The normalized spacial score (nSPS) is 20.5. The highest BCUT2D eigenvalue weighted by Gasteiger charge is 2.53. The van der Waals surface area contributed by atoms with E-state index in [4.69, 9.17) is 5.11 Å². The maximum atomic E-state index is 13.5. The Kier molecular flexibility index (Phi) is 2.54. The minimum Gasteiger partial charge on any atom is -0.478 e. The zero-order chi connectivity index (χ0) is 12.8. The van der Waals surface area contributed by atoms with E-state index in [0.717, 1.165) is 12.5 Å². The highest BCUT2D eigenvalue weighted by atomic mass is 19.1. The van der Waals surface area contributed by atoms with E-state index >= 15 is 0 Å². The van der Waals surface area contributed by atoms with E-state index in [1.54, 1.807) is 6.07 Å². The van der Waals surface area contributed by atoms with E-state index in [2.05, 4.69) is 5.32 Å². The molecule has 2 fully saturated rings. The highest BCUT2D eigenvalue weighted by Crippen LogP contribution is 2.61. The molecule has 0 aromatic heterocycles. The van der Waals surface area contributed by atoms with Crippen LogP contribution in [0.2, 0.25) is 0 Å². The number of nitrogens with one attached hydrogen (secondary N) is 1. The minimum atomic E-state index is -1.23. The number of hydrogen-bond acceptors (Lipinski definition) is 2. The first-order valence-corrected chi connectivity index (χ1v) is 6.37. The lowest BCUT2D eigenvalue weighted by Crippen LogP contribution is -2.17. The van der Waals surface area contributed by atoms with Crippen LogP contribution in [0.1, 0.15) is 36.0 Å². The Hall–Kier alpha value is -1.58. The monoisotopic (exact) mass is 249 g/mol. The summed E-state index contributed by atoms with van der Waals surface area (Å²) in [5.74, 6) is -1.05. The lowest BCUT2D eigenvalue weighted by molar-refractivity contribution is 0.0692. The largest absolute Gasteiger partial charge is 0.478 e. The van der Waals surface area contributed by atoms with Crippen molar-refractivity contribution in [1.29, 1.82) is 0 Å². The third kappa shape index (κ3) is 2.07. The third-order valence-corrected chi connectivity index (χ3v) is 4.18. The lowest BCUT2D eigenvalue weighted by Gasteiger charge is -2.16. The number of aromatic carboxylic acids is 1. The molecule has 3 rings (SSSR count). The molecule has 0 atom stereocenters. The Labute approximate surface area is 105 Å². The molecular formula is C14H16FNO2. The average Bonchev–Trinajstić information content (AvgIpc) is 3.17. The predicted octanol–water partition coefficient (Wildman–Crippen LogP) is 3.13.